The van der Waals surface area contributed by atoms with Gasteiger partial charge in [0.1, 0.15) is 6.10 Å². The standard InChI is InChI=1S/C13H15ClN2OS/c1-8-16-12(7-18-8)13(17)11(6-15)9-2-4-10(14)5-3-9/h2-5,7,11,13,17H,6,15H2,1H3. The van der Waals surface area contributed by atoms with Gasteiger partial charge in [0.15, 0.2) is 0 Å². The summed E-state index contributed by atoms with van der Waals surface area (Å²) >= 11 is 7.38. The first-order chi connectivity index (χ1) is 8.61. The van der Waals surface area contributed by atoms with Crippen LogP contribution in [0.25, 0.3) is 0 Å². The molecule has 1 aromatic heterocycles. The molecule has 1 heterocycles. The molecule has 0 saturated carbocycles. The predicted octanol–water partition coefficient (Wildman–Crippen LogP) is 2.88. The first-order valence-corrected chi connectivity index (χ1v) is 6.93. The zero-order chi connectivity index (χ0) is 13.1. The minimum Gasteiger partial charge on any atom is -0.386 e. The maximum atomic E-state index is 10.3. The number of rotatable bonds is 4. The number of nitrogens with zero attached hydrogens (tertiary/aromatic N) is 1. The molecular weight excluding hydrogens is 268 g/mol. The van der Waals surface area contributed by atoms with Crippen LogP contribution < -0.4 is 5.73 Å². The summed E-state index contributed by atoms with van der Waals surface area (Å²) in [7, 11) is 0. The molecule has 0 aliphatic carbocycles. The van der Waals surface area contributed by atoms with Gasteiger partial charge in [-0.25, -0.2) is 4.98 Å². The van der Waals surface area contributed by atoms with E-state index in [1.165, 1.54) is 11.3 Å². The zero-order valence-electron chi connectivity index (χ0n) is 10.0. The summed E-state index contributed by atoms with van der Waals surface area (Å²) in [6.07, 6.45) is -0.680. The third kappa shape index (κ3) is 2.90. The van der Waals surface area contributed by atoms with Crippen LogP contribution in [0, 0.1) is 6.92 Å². The summed E-state index contributed by atoms with van der Waals surface area (Å²) in [6, 6.07) is 7.39. The molecule has 0 spiro atoms. The van der Waals surface area contributed by atoms with E-state index in [1.807, 2.05) is 24.4 Å². The van der Waals surface area contributed by atoms with E-state index in [-0.39, 0.29) is 5.92 Å². The molecule has 2 rings (SSSR count). The van der Waals surface area contributed by atoms with E-state index in [4.69, 9.17) is 17.3 Å². The van der Waals surface area contributed by atoms with Gasteiger partial charge in [-0.15, -0.1) is 11.3 Å². The molecule has 3 N–H and O–H groups in total. The number of aryl methyl sites for hydroxylation is 1. The van der Waals surface area contributed by atoms with Crippen molar-refractivity contribution in [2.45, 2.75) is 18.9 Å². The second kappa shape index (κ2) is 5.80. The topological polar surface area (TPSA) is 59.1 Å². The van der Waals surface area contributed by atoms with Crippen molar-refractivity contribution in [3.63, 3.8) is 0 Å². The third-order valence-electron chi connectivity index (χ3n) is 2.87. The number of benzene rings is 1. The van der Waals surface area contributed by atoms with Gasteiger partial charge in [0.05, 0.1) is 10.7 Å². The van der Waals surface area contributed by atoms with Crippen molar-refractivity contribution in [3.05, 3.63) is 50.9 Å². The molecule has 3 nitrogen and oxygen atoms in total. The SMILES string of the molecule is Cc1nc(C(O)C(CN)c2ccc(Cl)cc2)cs1. The molecule has 0 saturated heterocycles. The van der Waals surface area contributed by atoms with Crippen LogP contribution in [-0.2, 0) is 0 Å². The van der Waals surface area contributed by atoms with E-state index in [0.29, 0.717) is 17.3 Å². The van der Waals surface area contributed by atoms with Crippen molar-refractivity contribution in [3.8, 4) is 0 Å². The van der Waals surface area contributed by atoms with Gasteiger partial charge in [-0.1, -0.05) is 23.7 Å². The predicted molar refractivity (Wildman–Crippen MR) is 75.1 cm³/mol. The number of aromatic nitrogens is 1. The molecule has 0 aliphatic rings. The monoisotopic (exact) mass is 282 g/mol. The molecule has 1 aromatic carbocycles. The summed E-state index contributed by atoms with van der Waals surface area (Å²) in [6.45, 7) is 2.28. The van der Waals surface area contributed by atoms with Crippen molar-refractivity contribution >= 4 is 22.9 Å². The first kappa shape index (κ1) is 13.5. The molecule has 18 heavy (non-hydrogen) atoms. The molecule has 0 aliphatic heterocycles. The Hall–Kier alpha value is -0.940. The molecule has 5 heteroatoms. The van der Waals surface area contributed by atoms with Crippen molar-refractivity contribution < 1.29 is 5.11 Å². The van der Waals surface area contributed by atoms with Gasteiger partial charge in [-0.2, -0.15) is 0 Å². The lowest BCUT2D eigenvalue weighted by Crippen LogP contribution is -2.20. The zero-order valence-corrected chi connectivity index (χ0v) is 11.6. The maximum Gasteiger partial charge on any atom is 0.105 e. The largest absolute Gasteiger partial charge is 0.386 e. The number of hydrogen-bond acceptors (Lipinski definition) is 4. The lowest BCUT2D eigenvalue weighted by molar-refractivity contribution is 0.143. The van der Waals surface area contributed by atoms with Crippen molar-refractivity contribution in [1.29, 1.82) is 0 Å². The Morgan fingerprint density at radius 1 is 1.39 bits per heavy atom. The van der Waals surface area contributed by atoms with E-state index in [1.54, 1.807) is 12.1 Å². The van der Waals surface area contributed by atoms with Gasteiger partial charge in [0.2, 0.25) is 0 Å². The summed E-state index contributed by atoms with van der Waals surface area (Å²) in [5.41, 5.74) is 7.43. The number of aliphatic hydroxyl groups is 1. The average Bonchev–Trinajstić information content (AvgIpc) is 2.79. The highest BCUT2D eigenvalue weighted by molar-refractivity contribution is 7.09. The lowest BCUT2D eigenvalue weighted by atomic mass is 9.92. The van der Waals surface area contributed by atoms with Crippen molar-refractivity contribution in [1.82, 2.24) is 4.98 Å². The Kier molecular flexibility index (Phi) is 4.35. The van der Waals surface area contributed by atoms with Crippen LogP contribution in [0.15, 0.2) is 29.6 Å². The van der Waals surface area contributed by atoms with Gasteiger partial charge in [-0.05, 0) is 24.6 Å². The Morgan fingerprint density at radius 3 is 2.56 bits per heavy atom. The van der Waals surface area contributed by atoms with E-state index < -0.39 is 6.10 Å². The minimum atomic E-state index is -0.680. The third-order valence-corrected chi connectivity index (χ3v) is 3.92. The van der Waals surface area contributed by atoms with Crippen LogP contribution in [0.4, 0.5) is 0 Å². The number of nitrogens with two attached hydrogens (primary N) is 1. The fraction of sp³-hybridized carbons (Fsp3) is 0.308. The Balaban J connectivity index is 2.25. The lowest BCUT2D eigenvalue weighted by Gasteiger charge is -2.20. The quantitative estimate of drug-likeness (QED) is 0.906. The van der Waals surface area contributed by atoms with E-state index in [9.17, 15) is 5.11 Å². The highest BCUT2D eigenvalue weighted by atomic mass is 35.5. The Labute approximate surface area is 115 Å². The first-order valence-electron chi connectivity index (χ1n) is 5.67. The smallest absolute Gasteiger partial charge is 0.105 e. The van der Waals surface area contributed by atoms with Crippen molar-refractivity contribution in [2.75, 3.05) is 6.54 Å². The number of thiazole rings is 1. The minimum absolute atomic E-state index is 0.163. The number of aliphatic hydroxyl groups excluding tert-OH is 1. The Bertz CT molecular complexity index is 512. The van der Waals surface area contributed by atoms with E-state index in [2.05, 4.69) is 4.98 Å². The van der Waals surface area contributed by atoms with Crippen LogP contribution in [-0.4, -0.2) is 16.6 Å². The molecular formula is C13H15ClN2OS. The van der Waals surface area contributed by atoms with E-state index in [0.717, 1.165) is 10.6 Å². The maximum absolute atomic E-state index is 10.3. The van der Waals surface area contributed by atoms with Crippen molar-refractivity contribution in [2.24, 2.45) is 5.73 Å². The van der Waals surface area contributed by atoms with Gasteiger partial charge < -0.3 is 10.8 Å². The molecule has 2 unspecified atom stereocenters. The van der Waals surface area contributed by atoms with Crippen LogP contribution in [0.1, 0.15) is 28.3 Å². The molecule has 0 fully saturated rings. The molecule has 0 radical (unpaired) electrons. The second-order valence-electron chi connectivity index (χ2n) is 4.13. The molecule has 0 amide bonds. The highest BCUT2D eigenvalue weighted by Gasteiger charge is 2.23. The van der Waals surface area contributed by atoms with Gasteiger partial charge >= 0.3 is 0 Å². The second-order valence-corrected chi connectivity index (χ2v) is 5.63. The summed E-state index contributed by atoms with van der Waals surface area (Å²) in [5, 5.41) is 13.8. The molecule has 2 aromatic rings. The van der Waals surface area contributed by atoms with Gasteiger partial charge in [-0.3, -0.25) is 0 Å². The van der Waals surface area contributed by atoms with Crippen LogP contribution >= 0.6 is 22.9 Å². The average molecular weight is 283 g/mol. The number of halogens is 1. The van der Waals surface area contributed by atoms with Gasteiger partial charge in [0, 0.05) is 22.9 Å². The van der Waals surface area contributed by atoms with E-state index >= 15 is 0 Å². The number of hydrogen-bond donors (Lipinski definition) is 2. The van der Waals surface area contributed by atoms with Gasteiger partial charge in [0.25, 0.3) is 0 Å². The summed E-state index contributed by atoms with van der Waals surface area (Å²) in [4.78, 5) is 4.31. The fourth-order valence-electron chi connectivity index (χ4n) is 1.88. The van der Waals surface area contributed by atoms with Crippen LogP contribution in [0.5, 0.6) is 0 Å². The Morgan fingerprint density at radius 2 is 2.06 bits per heavy atom. The summed E-state index contributed by atoms with van der Waals surface area (Å²) < 4.78 is 0. The van der Waals surface area contributed by atoms with Crippen LogP contribution in [0.2, 0.25) is 5.02 Å². The normalized spacial score (nSPS) is 14.4. The molecule has 0 bridgehead atoms. The fourth-order valence-corrected chi connectivity index (χ4v) is 2.65. The summed E-state index contributed by atoms with van der Waals surface area (Å²) in [5.74, 6) is -0.163. The molecule has 2 atom stereocenters. The molecule has 96 valence electrons. The highest BCUT2D eigenvalue weighted by Crippen LogP contribution is 2.31. The van der Waals surface area contributed by atoms with Crippen LogP contribution in [0.3, 0.4) is 0 Å².